The molecule has 0 radical (unpaired) electrons. The number of hydrogen-bond donors (Lipinski definition) is 3. The van der Waals surface area contributed by atoms with Gasteiger partial charge in [-0.3, -0.25) is 0 Å². The van der Waals surface area contributed by atoms with E-state index in [4.69, 9.17) is 0 Å². The van der Waals surface area contributed by atoms with Crippen LogP contribution < -0.4 is 10.4 Å². The minimum Gasteiger partial charge on any atom is -0.504 e. The molecule has 0 fully saturated rings. The number of phenolic OH excluding ortho intramolecular Hbond substituents is 2. The number of rotatable bonds is 8. The lowest BCUT2D eigenvalue weighted by Gasteiger charge is -2.42. The molecule has 0 saturated heterocycles. The molecule has 3 nitrogen and oxygen atoms in total. The molecule has 3 aromatic carbocycles. The largest absolute Gasteiger partial charge is 0.504 e. The Balaban J connectivity index is 1.69. The normalized spacial score (nSPS) is 20.6. The van der Waals surface area contributed by atoms with Crippen molar-refractivity contribution in [3.05, 3.63) is 93.9 Å². The Kier molecular flexibility index (Phi) is 8.01. The highest BCUT2D eigenvalue weighted by molar-refractivity contribution is 5.65. The quantitative estimate of drug-likeness (QED) is 0.333. The van der Waals surface area contributed by atoms with Gasteiger partial charge in [0.1, 0.15) is 0 Å². The zero-order valence-electron chi connectivity index (χ0n) is 21.5. The number of aryl methyl sites for hydroxylation is 1. The van der Waals surface area contributed by atoms with Gasteiger partial charge in [-0.2, -0.15) is 0 Å². The summed E-state index contributed by atoms with van der Waals surface area (Å²) in [5.41, 5.74) is 5.01. The Morgan fingerprint density at radius 3 is 2.44 bits per heavy atom. The van der Waals surface area contributed by atoms with E-state index in [9.17, 15) is 15.3 Å². The minimum absolute atomic E-state index is 0.114. The maximum atomic E-state index is 12.0. The molecule has 188 valence electrons. The third kappa shape index (κ3) is 5.57. The summed E-state index contributed by atoms with van der Waals surface area (Å²) in [5, 5.41) is 33.7. The second-order valence-electron chi connectivity index (χ2n) is 10.2. The van der Waals surface area contributed by atoms with E-state index in [0.717, 1.165) is 52.8 Å². The first kappa shape index (κ1) is 25.8. The highest BCUT2D eigenvalue weighted by atomic mass is 16.3. The number of phenols is 2. The molecule has 3 aromatic rings. The predicted molar refractivity (Wildman–Crippen MR) is 149 cm³/mol. The molecule has 0 aromatic heterocycles. The first-order valence-electron chi connectivity index (χ1n) is 13.1. The van der Waals surface area contributed by atoms with Crippen molar-refractivity contribution >= 4 is 12.7 Å². The SMILES string of the molecule is C=c1c(-c2ccccc2)ccc/c1=C/C1=C(CC)CC(CCC)C(O)(CCc2ccc(O)c(O)c2)C1. The van der Waals surface area contributed by atoms with Crippen LogP contribution in [0.1, 0.15) is 57.9 Å². The van der Waals surface area contributed by atoms with Crippen molar-refractivity contribution in [1.82, 2.24) is 0 Å². The summed E-state index contributed by atoms with van der Waals surface area (Å²) < 4.78 is 0. The van der Waals surface area contributed by atoms with E-state index in [-0.39, 0.29) is 17.4 Å². The predicted octanol–water partition coefficient (Wildman–Crippen LogP) is 6.24. The minimum atomic E-state index is -0.827. The van der Waals surface area contributed by atoms with Crippen LogP contribution in [0.15, 0.2) is 77.9 Å². The van der Waals surface area contributed by atoms with Crippen LogP contribution >= 0.6 is 0 Å². The highest BCUT2D eigenvalue weighted by Gasteiger charge is 2.40. The molecule has 0 bridgehead atoms. The van der Waals surface area contributed by atoms with Gasteiger partial charge in [0.2, 0.25) is 0 Å². The molecule has 3 heteroatoms. The molecular formula is C33H38O3. The van der Waals surface area contributed by atoms with Gasteiger partial charge in [0.15, 0.2) is 11.5 Å². The lowest BCUT2D eigenvalue weighted by molar-refractivity contribution is -0.0345. The van der Waals surface area contributed by atoms with E-state index >= 15 is 0 Å². The third-order valence-electron chi connectivity index (χ3n) is 7.78. The number of allylic oxidation sites excluding steroid dienone is 1. The van der Waals surface area contributed by atoms with Crippen molar-refractivity contribution in [3.8, 4) is 22.6 Å². The lowest BCUT2D eigenvalue weighted by Crippen LogP contribution is -2.42. The maximum absolute atomic E-state index is 12.0. The molecule has 4 rings (SSSR count). The van der Waals surface area contributed by atoms with Gasteiger partial charge < -0.3 is 15.3 Å². The van der Waals surface area contributed by atoms with Gasteiger partial charge >= 0.3 is 0 Å². The molecule has 36 heavy (non-hydrogen) atoms. The van der Waals surface area contributed by atoms with E-state index in [0.29, 0.717) is 19.3 Å². The standard InChI is InChI=1S/C33H38O3/c1-4-10-29-21-25(5-2)28(22-33(29,36)18-17-24-15-16-31(34)32(35)19-24)20-27-13-9-14-30(23(27)3)26-11-7-6-8-12-26/h6-9,11-16,19-20,29,34-36H,3-5,10,17-18,21-22H2,1-2H3/b27-20-. The van der Waals surface area contributed by atoms with E-state index in [2.05, 4.69) is 56.8 Å². The maximum Gasteiger partial charge on any atom is 0.157 e. The summed E-state index contributed by atoms with van der Waals surface area (Å²) in [4.78, 5) is 0. The molecule has 1 aliphatic carbocycles. The molecule has 0 spiro atoms. The van der Waals surface area contributed by atoms with Crippen LogP contribution in [-0.4, -0.2) is 20.9 Å². The first-order chi connectivity index (χ1) is 17.3. The summed E-state index contributed by atoms with van der Waals surface area (Å²) in [6, 6.07) is 21.6. The van der Waals surface area contributed by atoms with Crippen LogP contribution in [0.5, 0.6) is 11.5 Å². The van der Waals surface area contributed by atoms with E-state index < -0.39 is 5.60 Å². The molecule has 2 unspecified atom stereocenters. The Bertz CT molecular complexity index is 1340. The number of hydrogen-bond acceptors (Lipinski definition) is 3. The van der Waals surface area contributed by atoms with Crippen molar-refractivity contribution in [2.75, 3.05) is 0 Å². The topological polar surface area (TPSA) is 60.7 Å². The van der Waals surface area contributed by atoms with Crippen LogP contribution in [0.3, 0.4) is 0 Å². The molecule has 3 N–H and O–H groups in total. The first-order valence-corrected chi connectivity index (χ1v) is 13.1. The Labute approximate surface area is 214 Å². The number of aliphatic hydroxyl groups is 1. The Hall–Kier alpha value is -3.30. The van der Waals surface area contributed by atoms with Gasteiger partial charge in [0, 0.05) is 6.42 Å². The molecule has 2 atom stereocenters. The summed E-state index contributed by atoms with van der Waals surface area (Å²) in [5.74, 6) is -0.0278. The van der Waals surface area contributed by atoms with E-state index in [1.54, 1.807) is 6.07 Å². The smallest absolute Gasteiger partial charge is 0.157 e. The molecule has 0 aliphatic heterocycles. The lowest BCUT2D eigenvalue weighted by atomic mass is 9.68. The van der Waals surface area contributed by atoms with Crippen LogP contribution in [0.2, 0.25) is 0 Å². The highest BCUT2D eigenvalue weighted by Crippen LogP contribution is 2.44. The van der Waals surface area contributed by atoms with Crippen molar-refractivity contribution in [2.24, 2.45) is 5.92 Å². The Morgan fingerprint density at radius 1 is 0.972 bits per heavy atom. The van der Waals surface area contributed by atoms with Gasteiger partial charge in [0.05, 0.1) is 5.60 Å². The van der Waals surface area contributed by atoms with Gasteiger partial charge in [-0.1, -0.05) is 93.1 Å². The molecule has 0 amide bonds. The van der Waals surface area contributed by atoms with E-state index in [1.165, 1.54) is 17.2 Å². The van der Waals surface area contributed by atoms with Crippen LogP contribution in [0, 0.1) is 5.92 Å². The monoisotopic (exact) mass is 482 g/mol. The second-order valence-corrected chi connectivity index (χ2v) is 10.2. The fraction of sp³-hybridized carbons (Fsp3) is 0.333. The van der Waals surface area contributed by atoms with Crippen molar-refractivity contribution < 1.29 is 15.3 Å². The van der Waals surface area contributed by atoms with Crippen LogP contribution in [0.25, 0.3) is 23.8 Å². The number of aromatic hydroxyl groups is 2. The van der Waals surface area contributed by atoms with Crippen molar-refractivity contribution in [3.63, 3.8) is 0 Å². The summed E-state index contributed by atoms with van der Waals surface area (Å²) >= 11 is 0. The van der Waals surface area contributed by atoms with Crippen molar-refractivity contribution in [2.45, 2.75) is 64.4 Å². The van der Waals surface area contributed by atoms with Crippen molar-refractivity contribution in [1.29, 1.82) is 0 Å². The number of benzene rings is 3. The fourth-order valence-corrected chi connectivity index (χ4v) is 5.65. The third-order valence-corrected chi connectivity index (χ3v) is 7.78. The van der Waals surface area contributed by atoms with Gasteiger partial charge in [-0.25, -0.2) is 0 Å². The van der Waals surface area contributed by atoms with Crippen LogP contribution in [0.4, 0.5) is 0 Å². The average molecular weight is 483 g/mol. The zero-order chi connectivity index (χ0) is 25.7. The summed E-state index contributed by atoms with van der Waals surface area (Å²) in [7, 11) is 0. The van der Waals surface area contributed by atoms with Gasteiger partial charge in [-0.05, 0) is 82.9 Å². The second kappa shape index (κ2) is 11.2. The molecule has 0 heterocycles. The zero-order valence-corrected chi connectivity index (χ0v) is 21.5. The average Bonchev–Trinajstić information content (AvgIpc) is 2.88. The molecule has 0 saturated carbocycles. The summed E-state index contributed by atoms with van der Waals surface area (Å²) in [6.07, 6.45) is 7.99. The fourth-order valence-electron chi connectivity index (χ4n) is 5.65. The van der Waals surface area contributed by atoms with Gasteiger partial charge in [-0.15, -0.1) is 0 Å². The van der Waals surface area contributed by atoms with Crippen LogP contribution in [-0.2, 0) is 6.42 Å². The molecular weight excluding hydrogens is 444 g/mol. The Morgan fingerprint density at radius 2 is 1.75 bits per heavy atom. The summed E-state index contributed by atoms with van der Waals surface area (Å²) in [6.45, 7) is 8.81. The van der Waals surface area contributed by atoms with E-state index in [1.807, 2.05) is 24.3 Å². The van der Waals surface area contributed by atoms with Gasteiger partial charge in [0.25, 0.3) is 0 Å². The molecule has 1 aliphatic rings.